The number of ether oxygens (including phenoxy) is 1. The van der Waals surface area contributed by atoms with E-state index in [4.69, 9.17) is 0 Å². The smallest absolute Gasteiger partial charge is 0.330 e. The molecule has 1 aliphatic heterocycles. The molecule has 1 heterocycles. The molecule has 1 rings (SSSR count). The van der Waals surface area contributed by atoms with Crippen LogP contribution in [0.2, 0.25) is 0 Å². The number of hydrogen-bond acceptors (Lipinski definition) is 5. The van der Waals surface area contributed by atoms with Crippen LogP contribution in [0.1, 0.15) is 20.3 Å². The van der Waals surface area contributed by atoms with Crippen LogP contribution in [0.3, 0.4) is 0 Å². The Hall–Kier alpha value is -1.14. The third-order valence-electron chi connectivity index (χ3n) is 2.95. The van der Waals surface area contributed by atoms with Crippen LogP contribution in [0, 0.1) is 0 Å². The van der Waals surface area contributed by atoms with Gasteiger partial charge in [-0.05, 0) is 33.4 Å². The van der Waals surface area contributed by atoms with Crippen LogP contribution >= 0.6 is 0 Å². The summed E-state index contributed by atoms with van der Waals surface area (Å²) in [6, 6.07) is 0. The van der Waals surface area contributed by atoms with Crippen molar-refractivity contribution in [1.29, 1.82) is 0 Å². The van der Waals surface area contributed by atoms with Crippen LogP contribution in [0.4, 0.5) is 0 Å². The molecule has 0 aliphatic carbocycles. The van der Waals surface area contributed by atoms with Gasteiger partial charge in [0.1, 0.15) is 5.54 Å². The van der Waals surface area contributed by atoms with Gasteiger partial charge in [-0.3, -0.25) is 9.69 Å². The van der Waals surface area contributed by atoms with Crippen LogP contribution in [-0.2, 0) is 14.3 Å². The summed E-state index contributed by atoms with van der Waals surface area (Å²) in [7, 11) is 1.32. The van der Waals surface area contributed by atoms with Crippen molar-refractivity contribution in [3.8, 4) is 0 Å². The number of nitrogens with one attached hydrogen (secondary N) is 2. The van der Waals surface area contributed by atoms with Crippen molar-refractivity contribution >= 4 is 11.9 Å². The number of amides is 1. The molecule has 18 heavy (non-hydrogen) atoms. The molecule has 0 unspecified atom stereocenters. The lowest BCUT2D eigenvalue weighted by atomic mass is 10.1. The first-order chi connectivity index (χ1) is 8.45. The first-order valence-corrected chi connectivity index (χ1v) is 6.28. The number of hydrogen-bond donors (Lipinski definition) is 2. The number of carbonyl (C=O) groups excluding carboxylic acids is 2. The SMILES string of the molecule is COC(=O)C(C)(C)NC(=O)CN1CCCNCC1. The van der Waals surface area contributed by atoms with E-state index in [9.17, 15) is 9.59 Å². The monoisotopic (exact) mass is 257 g/mol. The fourth-order valence-electron chi connectivity index (χ4n) is 1.96. The molecule has 0 atom stereocenters. The van der Waals surface area contributed by atoms with E-state index >= 15 is 0 Å². The fraction of sp³-hybridized carbons (Fsp3) is 0.833. The molecule has 6 nitrogen and oxygen atoms in total. The highest BCUT2D eigenvalue weighted by Crippen LogP contribution is 2.04. The second-order valence-corrected chi connectivity index (χ2v) is 5.04. The minimum atomic E-state index is -0.976. The molecule has 0 bridgehead atoms. The summed E-state index contributed by atoms with van der Waals surface area (Å²) >= 11 is 0. The van der Waals surface area contributed by atoms with E-state index in [1.54, 1.807) is 13.8 Å². The molecule has 104 valence electrons. The Morgan fingerprint density at radius 1 is 1.33 bits per heavy atom. The predicted octanol–water partition coefficient (Wildman–Crippen LogP) is -0.650. The average Bonchev–Trinajstić information content (AvgIpc) is 2.55. The van der Waals surface area contributed by atoms with Crippen LogP contribution in [0.25, 0.3) is 0 Å². The van der Waals surface area contributed by atoms with Crippen LogP contribution < -0.4 is 10.6 Å². The molecule has 0 spiro atoms. The maximum absolute atomic E-state index is 11.9. The summed E-state index contributed by atoms with van der Waals surface area (Å²) < 4.78 is 4.65. The molecule has 2 N–H and O–H groups in total. The summed E-state index contributed by atoms with van der Waals surface area (Å²) in [4.78, 5) is 25.4. The molecule has 0 aromatic rings. The molecular weight excluding hydrogens is 234 g/mol. The van der Waals surface area contributed by atoms with Crippen molar-refractivity contribution < 1.29 is 14.3 Å². The summed E-state index contributed by atoms with van der Waals surface area (Å²) in [6.45, 7) is 7.24. The number of nitrogens with zero attached hydrogens (tertiary/aromatic N) is 1. The zero-order valence-corrected chi connectivity index (χ0v) is 11.4. The van der Waals surface area contributed by atoms with Gasteiger partial charge in [-0.25, -0.2) is 4.79 Å². The molecule has 1 aliphatic rings. The molecule has 1 fully saturated rings. The van der Waals surface area contributed by atoms with Crippen molar-refractivity contribution in [3.05, 3.63) is 0 Å². The van der Waals surface area contributed by atoms with E-state index in [-0.39, 0.29) is 5.91 Å². The van der Waals surface area contributed by atoms with E-state index in [0.29, 0.717) is 6.54 Å². The number of esters is 1. The third-order valence-corrected chi connectivity index (χ3v) is 2.95. The van der Waals surface area contributed by atoms with E-state index in [0.717, 1.165) is 32.6 Å². The molecule has 6 heteroatoms. The van der Waals surface area contributed by atoms with Gasteiger partial charge < -0.3 is 15.4 Å². The van der Waals surface area contributed by atoms with Gasteiger partial charge in [0.15, 0.2) is 0 Å². The Morgan fingerprint density at radius 2 is 2.06 bits per heavy atom. The van der Waals surface area contributed by atoms with Gasteiger partial charge in [0, 0.05) is 13.1 Å². The molecule has 1 amide bonds. The molecule has 0 aromatic heterocycles. The van der Waals surface area contributed by atoms with Gasteiger partial charge in [0.05, 0.1) is 13.7 Å². The molecule has 0 aromatic carbocycles. The fourth-order valence-corrected chi connectivity index (χ4v) is 1.96. The van der Waals surface area contributed by atoms with Crippen molar-refractivity contribution in [2.45, 2.75) is 25.8 Å². The van der Waals surface area contributed by atoms with Gasteiger partial charge in [0.2, 0.25) is 5.91 Å². The number of methoxy groups -OCH3 is 1. The van der Waals surface area contributed by atoms with Crippen LogP contribution in [0.15, 0.2) is 0 Å². The zero-order valence-electron chi connectivity index (χ0n) is 11.4. The molecule has 0 saturated carbocycles. The Balaban J connectivity index is 2.42. The summed E-state index contributed by atoms with van der Waals surface area (Å²) in [5, 5.41) is 5.98. The Kier molecular flexibility index (Phi) is 5.55. The van der Waals surface area contributed by atoms with Gasteiger partial charge >= 0.3 is 5.97 Å². The van der Waals surface area contributed by atoms with Crippen molar-refractivity contribution in [3.63, 3.8) is 0 Å². The standard InChI is InChI=1S/C12H23N3O3/c1-12(2,11(17)18-3)14-10(16)9-15-7-4-5-13-6-8-15/h13H,4-9H2,1-3H3,(H,14,16). The lowest BCUT2D eigenvalue weighted by Gasteiger charge is -2.25. The van der Waals surface area contributed by atoms with Gasteiger partial charge in [-0.2, -0.15) is 0 Å². The zero-order chi connectivity index (χ0) is 13.6. The lowest BCUT2D eigenvalue weighted by molar-refractivity contribution is -0.149. The lowest BCUT2D eigenvalue weighted by Crippen LogP contribution is -2.53. The predicted molar refractivity (Wildman–Crippen MR) is 68.2 cm³/mol. The van der Waals surface area contributed by atoms with E-state index in [2.05, 4.69) is 20.3 Å². The molecular formula is C12H23N3O3. The third kappa shape index (κ3) is 4.62. The first-order valence-electron chi connectivity index (χ1n) is 6.28. The Labute approximate surface area is 108 Å². The van der Waals surface area contributed by atoms with Crippen molar-refractivity contribution in [1.82, 2.24) is 15.5 Å². The minimum Gasteiger partial charge on any atom is -0.467 e. The highest BCUT2D eigenvalue weighted by Gasteiger charge is 2.30. The number of rotatable bonds is 4. The maximum atomic E-state index is 11.9. The van der Waals surface area contributed by atoms with Crippen molar-refractivity contribution in [2.24, 2.45) is 0 Å². The van der Waals surface area contributed by atoms with Crippen LogP contribution in [-0.4, -0.2) is 62.1 Å². The normalized spacial score (nSPS) is 17.9. The average molecular weight is 257 g/mol. The van der Waals surface area contributed by atoms with Gasteiger partial charge in [-0.1, -0.05) is 0 Å². The Morgan fingerprint density at radius 3 is 2.72 bits per heavy atom. The number of carbonyl (C=O) groups is 2. The summed E-state index contributed by atoms with van der Waals surface area (Å²) in [6.07, 6.45) is 1.04. The first kappa shape index (κ1) is 14.9. The highest BCUT2D eigenvalue weighted by molar-refractivity contribution is 5.88. The van der Waals surface area contributed by atoms with E-state index < -0.39 is 11.5 Å². The quantitative estimate of drug-likeness (QED) is 0.655. The molecule has 0 radical (unpaired) electrons. The summed E-state index contributed by atoms with van der Waals surface area (Å²) in [5.74, 6) is -0.583. The van der Waals surface area contributed by atoms with Crippen molar-refractivity contribution in [2.75, 3.05) is 39.8 Å². The largest absolute Gasteiger partial charge is 0.467 e. The van der Waals surface area contributed by atoms with E-state index in [1.165, 1.54) is 7.11 Å². The summed E-state index contributed by atoms with van der Waals surface area (Å²) in [5.41, 5.74) is -0.976. The highest BCUT2D eigenvalue weighted by atomic mass is 16.5. The van der Waals surface area contributed by atoms with Gasteiger partial charge in [-0.15, -0.1) is 0 Å². The van der Waals surface area contributed by atoms with Crippen LogP contribution in [0.5, 0.6) is 0 Å². The topological polar surface area (TPSA) is 70.7 Å². The second-order valence-electron chi connectivity index (χ2n) is 5.04. The second kappa shape index (κ2) is 6.70. The maximum Gasteiger partial charge on any atom is 0.330 e. The Bertz CT molecular complexity index is 297. The minimum absolute atomic E-state index is 0.146. The van der Waals surface area contributed by atoms with Gasteiger partial charge in [0.25, 0.3) is 0 Å². The van der Waals surface area contributed by atoms with E-state index in [1.807, 2.05) is 0 Å². The molecule has 1 saturated heterocycles.